The van der Waals surface area contributed by atoms with Gasteiger partial charge in [0.1, 0.15) is 17.8 Å². The number of furan rings is 1. The number of likely N-dealkylation sites (tertiary alicyclic amines) is 1. The van der Waals surface area contributed by atoms with Gasteiger partial charge in [0, 0.05) is 19.5 Å². The van der Waals surface area contributed by atoms with Crippen LogP contribution in [-0.2, 0) is 9.53 Å². The third-order valence-electron chi connectivity index (χ3n) is 4.50. The van der Waals surface area contributed by atoms with Crippen LogP contribution in [0.4, 0.5) is 4.39 Å². The van der Waals surface area contributed by atoms with Crippen LogP contribution < -0.4 is 4.74 Å². The molecule has 0 unspecified atom stereocenters. The molecule has 3 rings (SSSR count). The monoisotopic (exact) mass is 375 g/mol. The average Bonchev–Trinajstić information content (AvgIpc) is 3.23. The van der Waals surface area contributed by atoms with Crippen molar-refractivity contribution in [1.82, 2.24) is 4.90 Å². The molecule has 1 aromatic carbocycles. The van der Waals surface area contributed by atoms with Crippen LogP contribution in [0, 0.1) is 11.7 Å². The molecule has 0 radical (unpaired) electrons. The van der Waals surface area contributed by atoms with E-state index in [1.165, 1.54) is 24.7 Å². The number of piperidine rings is 1. The molecule has 0 atom stereocenters. The lowest BCUT2D eigenvalue weighted by atomic mass is 9.96. The smallest absolute Gasteiger partial charge is 0.309 e. The summed E-state index contributed by atoms with van der Waals surface area (Å²) in [4.78, 5) is 26.1. The van der Waals surface area contributed by atoms with Gasteiger partial charge >= 0.3 is 5.97 Å². The molecule has 1 saturated heterocycles. The number of carbonyl (C=O) groups excluding carboxylic acids is 2. The van der Waals surface area contributed by atoms with Gasteiger partial charge in [-0.1, -0.05) is 0 Å². The largest absolute Gasteiger partial charge is 0.493 e. The maximum atomic E-state index is 12.8. The van der Waals surface area contributed by atoms with Crippen LogP contribution in [0.1, 0.15) is 29.6 Å². The van der Waals surface area contributed by atoms with Crippen LogP contribution in [0.3, 0.4) is 0 Å². The Morgan fingerprint density at radius 3 is 2.52 bits per heavy atom. The van der Waals surface area contributed by atoms with E-state index in [9.17, 15) is 14.0 Å². The fourth-order valence-electron chi connectivity index (χ4n) is 2.96. The average molecular weight is 375 g/mol. The molecule has 1 amide bonds. The Morgan fingerprint density at radius 1 is 1.11 bits per heavy atom. The summed E-state index contributed by atoms with van der Waals surface area (Å²) in [5.41, 5.74) is 0.525. The Kier molecular flexibility index (Phi) is 6.46. The zero-order valence-corrected chi connectivity index (χ0v) is 14.9. The summed E-state index contributed by atoms with van der Waals surface area (Å²) in [5, 5.41) is 0. The molecule has 144 valence electrons. The van der Waals surface area contributed by atoms with Gasteiger partial charge in [0.25, 0.3) is 5.91 Å². The first-order valence-electron chi connectivity index (χ1n) is 9.00. The molecule has 27 heavy (non-hydrogen) atoms. The predicted octanol–water partition coefficient (Wildman–Crippen LogP) is 3.28. The number of halogens is 1. The van der Waals surface area contributed by atoms with E-state index in [4.69, 9.17) is 13.9 Å². The standard InChI is InChI=1S/C20H22FNO5/c21-17-2-4-18(5-3-17)26-11-1-12-27-20(24)15-6-9-22(10-7-15)19(23)16-8-13-25-14-16/h2-5,8,13-15H,1,6-7,9-12H2. The van der Waals surface area contributed by atoms with E-state index in [-0.39, 0.29) is 30.2 Å². The number of nitrogens with zero attached hydrogens (tertiary/aromatic N) is 1. The zero-order chi connectivity index (χ0) is 19.1. The molecule has 7 heteroatoms. The van der Waals surface area contributed by atoms with Gasteiger partial charge in [-0.05, 0) is 43.2 Å². The molecule has 1 fully saturated rings. The van der Waals surface area contributed by atoms with Crippen LogP contribution in [0.2, 0.25) is 0 Å². The van der Waals surface area contributed by atoms with E-state index < -0.39 is 0 Å². The summed E-state index contributed by atoms with van der Waals surface area (Å²) >= 11 is 0. The minimum absolute atomic E-state index is 0.0755. The third-order valence-corrected chi connectivity index (χ3v) is 4.50. The Bertz CT molecular complexity index is 736. The second-order valence-electron chi connectivity index (χ2n) is 6.40. The van der Waals surface area contributed by atoms with Gasteiger partial charge in [-0.3, -0.25) is 9.59 Å². The third kappa shape index (κ3) is 5.32. The lowest BCUT2D eigenvalue weighted by Gasteiger charge is -2.30. The minimum atomic E-state index is -0.311. The first-order valence-corrected chi connectivity index (χ1v) is 9.00. The number of carbonyl (C=O) groups is 2. The molecule has 0 N–H and O–H groups in total. The number of rotatable bonds is 7. The maximum Gasteiger partial charge on any atom is 0.309 e. The van der Waals surface area contributed by atoms with Gasteiger partial charge in [0.2, 0.25) is 0 Å². The van der Waals surface area contributed by atoms with Crippen molar-refractivity contribution >= 4 is 11.9 Å². The molecule has 1 aromatic heterocycles. The van der Waals surface area contributed by atoms with E-state index in [1.807, 2.05) is 0 Å². The number of esters is 1. The number of hydrogen-bond acceptors (Lipinski definition) is 5. The van der Waals surface area contributed by atoms with E-state index in [1.54, 1.807) is 23.1 Å². The molecular weight excluding hydrogens is 353 g/mol. The van der Waals surface area contributed by atoms with Crippen molar-refractivity contribution in [3.05, 3.63) is 54.2 Å². The highest BCUT2D eigenvalue weighted by Gasteiger charge is 2.29. The quantitative estimate of drug-likeness (QED) is 0.549. The zero-order valence-electron chi connectivity index (χ0n) is 14.9. The molecule has 1 aliphatic rings. The van der Waals surface area contributed by atoms with Gasteiger partial charge in [-0.25, -0.2) is 4.39 Å². The summed E-state index contributed by atoms with van der Waals surface area (Å²) < 4.78 is 28.5. The molecule has 2 heterocycles. The summed E-state index contributed by atoms with van der Waals surface area (Å²) in [7, 11) is 0. The molecule has 1 aliphatic heterocycles. The Balaban J connectivity index is 1.31. The highest BCUT2D eigenvalue weighted by Crippen LogP contribution is 2.20. The summed E-state index contributed by atoms with van der Waals surface area (Å²) in [6.45, 7) is 1.71. The predicted molar refractivity (Wildman–Crippen MR) is 94.8 cm³/mol. The number of hydrogen-bond donors (Lipinski definition) is 0. The van der Waals surface area contributed by atoms with Crippen molar-refractivity contribution in [3.8, 4) is 5.75 Å². The fourth-order valence-corrected chi connectivity index (χ4v) is 2.96. The summed E-state index contributed by atoms with van der Waals surface area (Å²) in [6, 6.07) is 7.41. The Hall–Kier alpha value is -2.83. The summed E-state index contributed by atoms with van der Waals surface area (Å²) in [5.74, 6) is -0.219. The molecule has 2 aromatic rings. The van der Waals surface area contributed by atoms with E-state index in [0.717, 1.165) is 0 Å². The second kappa shape index (κ2) is 9.21. The van der Waals surface area contributed by atoms with Crippen LogP contribution in [-0.4, -0.2) is 43.1 Å². The van der Waals surface area contributed by atoms with E-state index in [0.29, 0.717) is 50.3 Å². The number of amides is 1. The van der Waals surface area contributed by atoms with Crippen molar-refractivity contribution in [2.75, 3.05) is 26.3 Å². The molecule has 0 bridgehead atoms. The molecule has 0 aliphatic carbocycles. The first-order chi connectivity index (χ1) is 13.1. The van der Waals surface area contributed by atoms with Crippen LogP contribution in [0.25, 0.3) is 0 Å². The van der Waals surface area contributed by atoms with Crippen molar-refractivity contribution < 1.29 is 27.9 Å². The molecule has 0 saturated carbocycles. The van der Waals surface area contributed by atoms with Gasteiger partial charge in [0.15, 0.2) is 0 Å². The Morgan fingerprint density at radius 2 is 1.85 bits per heavy atom. The lowest BCUT2D eigenvalue weighted by Crippen LogP contribution is -2.40. The Labute approximate surface area is 156 Å². The topological polar surface area (TPSA) is 69.0 Å². The molecule has 6 nitrogen and oxygen atoms in total. The fraction of sp³-hybridized carbons (Fsp3) is 0.400. The first kappa shape index (κ1) is 18.9. The van der Waals surface area contributed by atoms with Crippen LogP contribution >= 0.6 is 0 Å². The second-order valence-corrected chi connectivity index (χ2v) is 6.40. The number of ether oxygens (including phenoxy) is 2. The highest BCUT2D eigenvalue weighted by atomic mass is 19.1. The van der Waals surface area contributed by atoms with E-state index >= 15 is 0 Å². The normalized spacial score (nSPS) is 14.8. The van der Waals surface area contributed by atoms with Crippen molar-refractivity contribution in [2.45, 2.75) is 19.3 Å². The van der Waals surface area contributed by atoms with E-state index in [2.05, 4.69) is 0 Å². The van der Waals surface area contributed by atoms with Gasteiger partial charge < -0.3 is 18.8 Å². The minimum Gasteiger partial charge on any atom is -0.493 e. The summed E-state index contributed by atoms with van der Waals surface area (Å²) in [6.07, 6.45) is 4.64. The highest BCUT2D eigenvalue weighted by molar-refractivity contribution is 5.94. The SMILES string of the molecule is O=C(OCCCOc1ccc(F)cc1)C1CCN(C(=O)c2ccoc2)CC1. The van der Waals surface area contributed by atoms with Gasteiger partial charge in [0.05, 0.1) is 31.0 Å². The van der Waals surface area contributed by atoms with Crippen LogP contribution in [0.5, 0.6) is 5.75 Å². The number of benzene rings is 1. The van der Waals surface area contributed by atoms with Crippen molar-refractivity contribution in [2.24, 2.45) is 5.92 Å². The molecule has 0 spiro atoms. The molecular formula is C20H22FNO5. The van der Waals surface area contributed by atoms with Gasteiger partial charge in [-0.15, -0.1) is 0 Å². The van der Waals surface area contributed by atoms with Crippen molar-refractivity contribution in [1.29, 1.82) is 0 Å². The maximum absolute atomic E-state index is 12.8. The van der Waals surface area contributed by atoms with Crippen LogP contribution in [0.15, 0.2) is 47.3 Å². The van der Waals surface area contributed by atoms with Crippen molar-refractivity contribution in [3.63, 3.8) is 0 Å². The van der Waals surface area contributed by atoms with Gasteiger partial charge in [-0.2, -0.15) is 0 Å². The lowest BCUT2D eigenvalue weighted by molar-refractivity contribution is -0.150.